The second kappa shape index (κ2) is 12.3. The summed E-state index contributed by atoms with van der Waals surface area (Å²) < 4.78 is 29.2. The van der Waals surface area contributed by atoms with E-state index in [0.717, 1.165) is 74.5 Å². The van der Waals surface area contributed by atoms with Crippen molar-refractivity contribution in [2.24, 2.45) is 28.6 Å². The number of halogens is 2. The summed E-state index contributed by atoms with van der Waals surface area (Å²) in [5.74, 6) is -1.91. The first-order valence-corrected chi connectivity index (χ1v) is 17.2. The molecule has 3 fully saturated rings. The van der Waals surface area contributed by atoms with E-state index < -0.39 is 11.9 Å². The molecule has 0 saturated heterocycles. The highest BCUT2D eigenvalue weighted by molar-refractivity contribution is 5.87. The van der Waals surface area contributed by atoms with E-state index in [4.69, 9.17) is 0 Å². The Hall–Kier alpha value is -3.02. The SMILES string of the molecule is C=CC(F)(F)C1=CC2=C(CC=C1)CCN(C(=O)C13CCCC1(C)CC(C1CCCCC(c4cccc(C(=O)O)c4)C(C)C1)C3)C2. The van der Waals surface area contributed by atoms with Crippen LogP contribution in [0.2, 0.25) is 0 Å². The van der Waals surface area contributed by atoms with Crippen LogP contribution in [0, 0.1) is 28.6 Å². The summed E-state index contributed by atoms with van der Waals surface area (Å²) in [5, 5.41) is 9.58. The Morgan fingerprint density at radius 3 is 2.69 bits per heavy atom. The van der Waals surface area contributed by atoms with Crippen LogP contribution in [0.15, 0.2) is 71.9 Å². The van der Waals surface area contributed by atoms with Crippen molar-refractivity contribution in [3.63, 3.8) is 0 Å². The third kappa shape index (κ3) is 5.87. The standard InChI is InChI=1S/C39H49F2NO3/c1-4-39(40,41)33-14-8-11-27-16-19-42(25-31(27)22-33)36(45)38-18-9-17-37(38,3)23-32(24-38)28-10-5-6-15-34(26(2)20-28)29-12-7-13-30(21-29)35(43)44/h4,7-8,12-14,21-22,26,28,32,34H,1,5-6,9-11,15-20,23-25H2,2-3H3,(H,43,44). The van der Waals surface area contributed by atoms with Crippen LogP contribution >= 0.6 is 0 Å². The van der Waals surface area contributed by atoms with Crippen molar-refractivity contribution in [2.75, 3.05) is 13.1 Å². The van der Waals surface area contributed by atoms with Crippen LogP contribution < -0.4 is 0 Å². The second-order valence-corrected chi connectivity index (χ2v) is 15.1. The molecule has 1 heterocycles. The number of carbonyl (C=O) groups excluding carboxylic acids is 1. The lowest BCUT2D eigenvalue weighted by molar-refractivity contribution is -0.146. The summed E-state index contributed by atoms with van der Waals surface area (Å²) in [5.41, 5.74) is 3.07. The number of benzene rings is 1. The van der Waals surface area contributed by atoms with Gasteiger partial charge in [-0.25, -0.2) is 4.79 Å². The minimum absolute atomic E-state index is 0.0356. The number of hydrogen-bond acceptors (Lipinski definition) is 2. The molecule has 6 rings (SSSR count). The molecule has 6 atom stereocenters. The molecule has 0 radical (unpaired) electrons. The van der Waals surface area contributed by atoms with Gasteiger partial charge < -0.3 is 10.0 Å². The maximum absolute atomic E-state index is 14.7. The minimum atomic E-state index is -3.10. The van der Waals surface area contributed by atoms with Gasteiger partial charge in [0.2, 0.25) is 5.91 Å². The van der Waals surface area contributed by atoms with E-state index in [1.165, 1.54) is 18.9 Å². The van der Waals surface area contributed by atoms with Gasteiger partial charge in [-0.1, -0.05) is 76.0 Å². The Morgan fingerprint density at radius 2 is 1.91 bits per heavy atom. The minimum Gasteiger partial charge on any atom is -0.478 e. The summed E-state index contributed by atoms with van der Waals surface area (Å²) >= 11 is 0. The van der Waals surface area contributed by atoms with E-state index in [1.807, 2.05) is 23.1 Å². The van der Waals surface area contributed by atoms with Crippen molar-refractivity contribution in [1.29, 1.82) is 0 Å². The number of carboxylic acid groups (broad SMARTS) is 1. The third-order valence-electron chi connectivity index (χ3n) is 12.6. The summed E-state index contributed by atoms with van der Waals surface area (Å²) in [6, 6.07) is 7.52. The molecule has 0 bridgehead atoms. The Kier molecular flexibility index (Phi) is 8.73. The molecule has 1 aromatic carbocycles. The molecular weight excluding hydrogens is 568 g/mol. The summed E-state index contributed by atoms with van der Waals surface area (Å²) in [4.78, 5) is 28.4. The van der Waals surface area contributed by atoms with Gasteiger partial charge in [-0.3, -0.25) is 4.79 Å². The number of amides is 1. The first-order chi connectivity index (χ1) is 21.5. The van der Waals surface area contributed by atoms with Crippen LogP contribution in [0.5, 0.6) is 0 Å². The maximum atomic E-state index is 14.7. The van der Waals surface area contributed by atoms with Gasteiger partial charge in [0.05, 0.1) is 11.0 Å². The Morgan fingerprint density at radius 1 is 1.11 bits per heavy atom. The van der Waals surface area contributed by atoms with Crippen LogP contribution in [-0.2, 0) is 4.79 Å². The average molecular weight is 618 g/mol. The molecule has 242 valence electrons. The molecule has 5 aliphatic rings. The van der Waals surface area contributed by atoms with Gasteiger partial charge in [-0.2, -0.15) is 8.78 Å². The van der Waals surface area contributed by atoms with Gasteiger partial charge in [-0.15, -0.1) is 0 Å². The van der Waals surface area contributed by atoms with Gasteiger partial charge >= 0.3 is 5.97 Å². The van der Waals surface area contributed by atoms with Gasteiger partial charge in [0.15, 0.2) is 0 Å². The maximum Gasteiger partial charge on any atom is 0.335 e. The Labute approximate surface area is 267 Å². The molecule has 4 nitrogen and oxygen atoms in total. The number of carboxylic acids is 1. The Bertz CT molecular complexity index is 1440. The predicted molar refractivity (Wildman–Crippen MR) is 174 cm³/mol. The number of aromatic carboxylic acids is 1. The molecular formula is C39H49F2NO3. The van der Waals surface area contributed by atoms with Crippen LogP contribution in [-0.4, -0.2) is 40.9 Å². The zero-order valence-electron chi connectivity index (χ0n) is 27.0. The van der Waals surface area contributed by atoms with E-state index in [0.29, 0.717) is 54.8 Å². The third-order valence-corrected chi connectivity index (χ3v) is 12.6. The number of fused-ring (bicyclic) bond motifs is 1. The molecule has 1 aromatic rings. The van der Waals surface area contributed by atoms with Crippen molar-refractivity contribution in [3.8, 4) is 0 Å². The number of alkyl halides is 2. The molecule has 45 heavy (non-hydrogen) atoms. The highest BCUT2D eigenvalue weighted by atomic mass is 19.3. The van der Waals surface area contributed by atoms with E-state index in [9.17, 15) is 23.5 Å². The molecule has 1 amide bonds. The molecule has 1 N–H and O–H groups in total. The quantitative estimate of drug-likeness (QED) is 0.324. The van der Waals surface area contributed by atoms with Crippen LogP contribution in [0.1, 0.15) is 113 Å². The molecule has 3 saturated carbocycles. The topological polar surface area (TPSA) is 57.6 Å². The fourth-order valence-electron chi connectivity index (χ4n) is 10.1. The number of hydrogen-bond donors (Lipinski definition) is 1. The predicted octanol–water partition coefficient (Wildman–Crippen LogP) is 9.51. The van der Waals surface area contributed by atoms with Crippen molar-refractivity contribution in [2.45, 2.75) is 103 Å². The molecule has 0 spiro atoms. The van der Waals surface area contributed by atoms with E-state index in [1.54, 1.807) is 12.1 Å². The zero-order chi connectivity index (χ0) is 32.0. The molecule has 4 aliphatic carbocycles. The number of carbonyl (C=O) groups is 2. The van der Waals surface area contributed by atoms with Crippen molar-refractivity contribution >= 4 is 11.9 Å². The summed E-state index contributed by atoms with van der Waals surface area (Å²) in [6.07, 6.45) is 17.8. The fraction of sp³-hybridized carbons (Fsp3) is 0.590. The monoisotopic (exact) mass is 617 g/mol. The molecule has 1 aliphatic heterocycles. The normalized spacial score (nSPS) is 33.9. The fourth-order valence-corrected chi connectivity index (χ4v) is 10.1. The average Bonchev–Trinajstić information content (AvgIpc) is 3.37. The lowest BCUT2D eigenvalue weighted by Crippen LogP contribution is -2.49. The van der Waals surface area contributed by atoms with Crippen molar-refractivity contribution in [3.05, 3.63) is 83.0 Å². The highest BCUT2D eigenvalue weighted by Gasteiger charge is 2.63. The molecule has 0 aromatic heterocycles. The van der Waals surface area contributed by atoms with Crippen LogP contribution in [0.4, 0.5) is 8.78 Å². The number of rotatable bonds is 6. The van der Waals surface area contributed by atoms with E-state index >= 15 is 0 Å². The summed E-state index contributed by atoms with van der Waals surface area (Å²) in [7, 11) is 0. The first kappa shape index (κ1) is 31.9. The van der Waals surface area contributed by atoms with Gasteiger partial charge in [0, 0.05) is 18.7 Å². The first-order valence-electron chi connectivity index (χ1n) is 17.2. The van der Waals surface area contributed by atoms with E-state index in [-0.39, 0.29) is 22.3 Å². The van der Waals surface area contributed by atoms with Crippen molar-refractivity contribution < 1.29 is 23.5 Å². The highest BCUT2D eigenvalue weighted by Crippen LogP contribution is 2.67. The molecule has 6 unspecified atom stereocenters. The largest absolute Gasteiger partial charge is 0.478 e. The number of nitrogens with zero attached hydrogens (tertiary/aromatic N) is 1. The van der Waals surface area contributed by atoms with Gasteiger partial charge in [0.1, 0.15) is 0 Å². The smallest absolute Gasteiger partial charge is 0.335 e. The van der Waals surface area contributed by atoms with Gasteiger partial charge in [-0.05, 0) is 116 Å². The van der Waals surface area contributed by atoms with Crippen molar-refractivity contribution in [1.82, 2.24) is 4.90 Å². The lowest BCUT2D eigenvalue weighted by Gasteiger charge is -2.42. The van der Waals surface area contributed by atoms with Gasteiger partial charge in [0.25, 0.3) is 5.92 Å². The Balaban J connectivity index is 1.21. The van der Waals surface area contributed by atoms with Crippen LogP contribution in [0.25, 0.3) is 0 Å². The van der Waals surface area contributed by atoms with Crippen LogP contribution in [0.3, 0.4) is 0 Å². The number of allylic oxidation sites excluding steroid dienone is 4. The van der Waals surface area contributed by atoms with E-state index in [2.05, 4.69) is 26.5 Å². The lowest BCUT2D eigenvalue weighted by atomic mass is 9.68. The summed E-state index contributed by atoms with van der Waals surface area (Å²) in [6.45, 7) is 9.11. The zero-order valence-corrected chi connectivity index (χ0v) is 27.0. The second-order valence-electron chi connectivity index (χ2n) is 15.1. The molecule has 6 heteroatoms.